The van der Waals surface area contributed by atoms with Crippen molar-refractivity contribution in [1.29, 1.82) is 0 Å². The maximum absolute atomic E-state index is 6.01. The fourth-order valence-electron chi connectivity index (χ4n) is 2.66. The topological polar surface area (TPSA) is 46.2 Å². The Kier molecular flexibility index (Phi) is 11.1. The van der Waals surface area contributed by atoms with Crippen LogP contribution in [0.2, 0.25) is 24.2 Å². The number of hydrogen-bond donors (Lipinski definition) is 0. The van der Waals surface area contributed by atoms with Crippen LogP contribution < -0.4 is 0 Å². The van der Waals surface area contributed by atoms with E-state index in [0.29, 0.717) is 37.9 Å². The molecule has 0 radical (unpaired) electrons. The Labute approximate surface area is 156 Å². The summed E-state index contributed by atoms with van der Waals surface area (Å²) in [5.41, 5.74) is -0.0491. The molecule has 0 aromatic rings. The summed E-state index contributed by atoms with van der Waals surface area (Å²) in [6.07, 6.45) is 0. The van der Waals surface area contributed by atoms with Gasteiger partial charge in [-0.3, -0.25) is 0 Å². The molecule has 25 heavy (non-hydrogen) atoms. The summed E-state index contributed by atoms with van der Waals surface area (Å²) < 4.78 is 29.8. The summed E-state index contributed by atoms with van der Waals surface area (Å²) in [7, 11) is -4.82. The maximum Gasteiger partial charge on any atom is 0.345 e. The fraction of sp³-hybridized carbons (Fsp3) is 0.778. The lowest BCUT2D eigenvalue weighted by Crippen LogP contribution is -2.45. The van der Waals surface area contributed by atoms with Gasteiger partial charge in [0.15, 0.2) is 0 Å². The van der Waals surface area contributed by atoms with Gasteiger partial charge in [-0.1, -0.05) is 27.0 Å². The van der Waals surface area contributed by atoms with Crippen molar-refractivity contribution in [2.24, 2.45) is 0 Å². The van der Waals surface area contributed by atoms with Crippen LogP contribution in [0.1, 0.15) is 41.5 Å². The van der Waals surface area contributed by atoms with Crippen molar-refractivity contribution in [3.63, 3.8) is 0 Å². The first kappa shape index (κ1) is 24.6. The SMILES string of the molecule is C=C(OC(=C)C(C)[Si](C)(OCC)OCC)C(C)[Si](C)(OCC)OCC. The molecule has 0 rings (SSSR count). The fourth-order valence-corrected chi connectivity index (χ4v) is 7.41. The Bertz CT molecular complexity index is 378. The van der Waals surface area contributed by atoms with Gasteiger partial charge in [-0.25, -0.2) is 0 Å². The molecule has 0 heterocycles. The van der Waals surface area contributed by atoms with E-state index in [1.54, 1.807) is 0 Å². The average molecular weight is 391 g/mol. The van der Waals surface area contributed by atoms with Crippen LogP contribution in [0.25, 0.3) is 0 Å². The van der Waals surface area contributed by atoms with E-state index in [4.69, 9.17) is 22.4 Å². The average Bonchev–Trinajstić information content (AvgIpc) is 2.54. The van der Waals surface area contributed by atoms with Crippen LogP contribution in [0.3, 0.4) is 0 Å². The zero-order valence-corrected chi connectivity index (χ0v) is 19.4. The van der Waals surface area contributed by atoms with Gasteiger partial charge >= 0.3 is 17.1 Å². The second-order valence-electron chi connectivity index (χ2n) is 6.24. The normalized spacial score (nSPS) is 14.9. The first-order chi connectivity index (χ1) is 11.6. The summed E-state index contributed by atoms with van der Waals surface area (Å²) in [5.74, 6) is 1.24. The molecular weight excluding hydrogens is 352 g/mol. The first-order valence-corrected chi connectivity index (χ1v) is 14.0. The molecule has 0 fully saturated rings. The van der Waals surface area contributed by atoms with Gasteiger partial charge in [0.25, 0.3) is 0 Å². The van der Waals surface area contributed by atoms with Gasteiger partial charge in [0.1, 0.15) is 11.5 Å². The number of hydrogen-bond acceptors (Lipinski definition) is 5. The monoisotopic (exact) mass is 390 g/mol. The lowest BCUT2D eigenvalue weighted by molar-refractivity contribution is 0.163. The third kappa shape index (κ3) is 6.99. The molecule has 0 aliphatic heterocycles. The molecule has 0 saturated heterocycles. The molecule has 0 bridgehead atoms. The van der Waals surface area contributed by atoms with Crippen LogP contribution >= 0.6 is 0 Å². The molecule has 0 aromatic carbocycles. The van der Waals surface area contributed by atoms with Gasteiger partial charge in [-0.15, -0.1) is 0 Å². The van der Waals surface area contributed by atoms with Crippen LogP contribution in [-0.2, 0) is 22.4 Å². The third-order valence-electron chi connectivity index (χ3n) is 4.52. The number of ether oxygens (including phenoxy) is 1. The van der Waals surface area contributed by atoms with Crippen LogP contribution in [0, 0.1) is 0 Å². The Morgan fingerprint density at radius 1 is 0.680 bits per heavy atom. The highest BCUT2D eigenvalue weighted by Crippen LogP contribution is 2.37. The molecule has 148 valence electrons. The van der Waals surface area contributed by atoms with Crippen molar-refractivity contribution >= 4 is 17.1 Å². The minimum absolute atomic E-state index is 0.0246. The smallest absolute Gasteiger partial charge is 0.345 e. The van der Waals surface area contributed by atoms with E-state index >= 15 is 0 Å². The van der Waals surface area contributed by atoms with Crippen LogP contribution in [0.5, 0.6) is 0 Å². The van der Waals surface area contributed by atoms with Crippen molar-refractivity contribution < 1.29 is 22.4 Å². The molecule has 5 nitrogen and oxygen atoms in total. The zero-order valence-electron chi connectivity index (χ0n) is 17.4. The van der Waals surface area contributed by atoms with E-state index in [9.17, 15) is 0 Å². The molecule has 0 aliphatic carbocycles. The quantitative estimate of drug-likeness (QED) is 0.305. The zero-order chi connectivity index (χ0) is 19.7. The van der Waals surface area contributed by atoms with Gasteiger partial charge in [-0.05, 0) is 40.8 Å². The largest absolute Gasteiger partial charge is 0.467 e. The van der Waals surface area contributed by atoms with E-state index in [0.717, 1.165) is 0 Å². The molecule has 0 spiro atoms. The van der Waals surface area contributed by atoms with Crippen molar-refractivity contribution in [3.8, 4) is 0 Å². The summed E-state index contributed by atoms with van der Waals surface area (Å²) in [6, 6.07) is 0. The van der Waals surface area contributed by atoms with Crippen LogP contribution in [-0.4, -0.2) is 43.5 Å². The van der Waals surface area contributed by atoms with Gasteiger partial charge in [0, 0.05) is 26.4 Å². The van der Waals surface area contributed by atoms with Crippen molar-refractivity contribution in [2.45, 2.75) is 65.7 Å². The van der Waals surface area contributed by atoms with Crippen molar-refractivity contribution in [3.05, 3.63) is 24.7 Å². The van der Waals surface area contributed by atoms with E-state index in [-0.39, 0.29) is 11.1 Å². The third-order valence-corrected chi connectivity index (χ3v) is 11.8. The summed E-state index contributed by atoms with van der Waals surface area (Å²) in [5, 5.41) is 0. The Balaban J connectivity index is 5.10. The predicted molar refractivity (Wildman–Crippen MR) is 108 cm³/mol. The van der Waals surface area contributed by atoms with Gasteiger partial charge < -0.3 is 22.4 Å². The highest BCUT2D eigenvalue weighted by molar-refractivity contribution is 6.68. The van der Waals surface area contributed by atoms with E-state index in [1.807, 2.05) is 54.6 Å². The molecule has 0 aliphatic rings. The molecular formula is C18H38O5Si2. The molecule has 0 amide bonds. The summed E-state index contributed by atoms with van der Waals surface area (Å²) in [6.45, 7) is 26.7. The predicted octanol–water partition coefficient (Wildman–Crippen LogP) is 5.10. The van der Waals surface area contributed by atoms with E-state index in [2.05, 4.69) is 13.2 Å². The summed E-state index contributed by atoms with van der Waals surface area (Å²) in [4.78, 5) is 0. The lowest BCUT2D eigenvalue weighted by atomic mass is 10.4. The van der Waals surface area contributed by atoms with Crippen molar-refractivity contribution in [2.75, 3.05) is 26.4 Å². The minimum Gasteiger partial charge on any atom is -0.467 e. The molecule has 0 saturated carbocycles. The van der Waals surface area contributed by atoms with Gasteiger partial charge in [0.05, 0.1) is 11.1 Å². The highest BCUT2D eigenvalue weighted by Gasteiger charge is 2.43. The minimum atomic E-state index is -2.41. The van der Waals surface area contributed by atoms with Crippen LogP contribution in [0.4, 0.5) is 0 Å². The Morgan fingerprint density at radius 2 is 0.920 bits per heavy atom. The second-order valence-corrected chi connectivity index (χ2v) is 13.2. The standard InChI is InChI=1S/C18H38O5Si2/c1-11-19-24(9,20-12-2)17(7)15(5)23-16(6)18(8)25(10,21-13-3)22-14-4/h17-18H,5-6,11-14H2,1-4,7-10H3. The Morgan fingerprint density at radius 3 is 1.12 bits per heavy atom. The van der Waals surface area contributed by atoms with E-state index < -0.39 is 17.1 Å². The number of allylic oxidation sites excluding steroid dienone is 2. The van der Waals surface area contributed by atoms with E-state index in [1.165, 1.54) is 0 Å². The molecule has 7 heteroatoms. The summed E-state index contributed by atoms with van der Waals surface area (Å²) >= 11 is 0. The first-order valence-electron chi connectivity index (χ1n) is 9.22. The molecule has 0 N–H and O–H groups in total. The van der Waals surface area contributed by atoms with Crippen molar-refractivity contribution in [1.82, 2.24) is 0 Å². The van der Waals surface area contributed by atoms with Crippen LogP contribution in [0.15, 0.2) is 24.7 Å². The number of rotatable bonds is 14. The van der Waals surface area contributed by atoms with Gasteiger partial charge in [0.2, 0.25) is 0 Å². The molecule has 0 aromatic heterocycles. The lowest BCUT2D eigenvalue weighted by Gasteiger charge is -2.35. The van der Waals surface area contributed by atoms with Gasteiger partial charge in [-0.2, -0.15) is 0 Å². The Hall–Kier alpha value is -0.446. The molecule has 2 unspecified atom stereocenters. The molecule has 2 atom stereocenters. The highest BCUT2D eigenvalue weighted by atomic mass is 28.4. The maximum atomic E-state index is 6.01. The second kappa shape index (κ2) is 11.3.